The number of carbonyl (C=O) groups excluding carboxylic acids is 1. The normalized spacial score (nSPS) is 10.4. The van der Waals surface area contributed by atoms with Crippen LogP contribution in [-0.2, 0) is 11.2 Å². The highest BCUT2D eigenvalue weighted by molar-refractivity contribution is 8.00. The first kappa shape index (κ1) is 13.8. The highest BCUT2D eigenvalue weighted by Crippen LogP contribution is 2.22. The Balaban J connectivity index is 1.88. The molecule has 0 unspecified atom stereocenters. The van der Waals surface area contributed by atoms with Gasteiger partial charge >= 0.3 is 0 Å². The third kappa shape index (κ3) is 4.21. The van der Waals surface area contributed by atoms with Crippen molar-refractivity contribution in [2.45, 2.75) is 18.2 Å². The van der Waals surface area contributed by atoms with Crippen LogP contribution in [0.3, 0.4) is 0 Å². The fourth-order valence-electron chi connectivity index (χ4n) is 1.76. The minimum absolute atomic E-state index is 0.153. The van der Waals surface area contributed by atoms with Crippen LogP contribution in [0.1, 0.15) is 11.1 Å². The molecule has 2 aromatic rings. The molecule has 0 heterocycles. The van der Waals surface area contributed by atoms with E-state index in [0.29, 0.717) is 12.2 Å². The number of hydrogen-bond donors (Lipinski definition) is 0. The van der Waals surface area contributed by atoms with E-state index in [1.54, 1.807) is 23.9 Å². The van der Waals surface area contributed by atoms with Crippen molar-refractivity contribution in [3.8, 4) is 0 Å². The predicted molar refractivity (Wildman–Crippen MR) is 77.0 cm³/mol. The van der Waals surface area contributed by atoms with Gasteiger partial charge in [-0.15, -0.1) is 11.8 Å². The molecule has 0 aliphatic rings. The van der Waals surface area contributed by atoms with Gasteiger partial charge in [-0.2, -0.15) is 0 Å². The largest absolute Gasteiger partial charge is 0.298 e. The fraction of sp³-hybridized carbons (Fsp3) is 0.188. The average molecular weight is 274 g/mol. The minimum Gasteiger partial charge on any atom is -0.298 e. The summed E-state index contributed by atoms with van der Waals surface area (Å²) in [5, 5.41) is 0. The predicted octanol–water partition coefficient (Wildman–Crippen LogP) is 4.04. The standard InChI is InChI=1S/C16H15FOS/c1-12-4-2-3-5-16(12)19-11-15(18)10-13-6-8-14(17)9-7-13/h2-9H,10-11H2,1H3. The van der Waals surface area contributed by atoms with E-state index in [4.69, 9.17) is 0 Å². The molecular formula is C16H15FOS. The van der Waals surface area contributed by atoms with Gasteiger partial charge in [0.05, 0.1) is 5.75 Å². The van der Waals surface area contributed by atoms with Crippen LogP contribution in [0.25, 0.3) is 0 Å². The van der Waals surface area contributed by atoms with Gasteiger partial charge in [-0.3, -0.25) is 4.79 Å². The molecule has 0 radical (unpaired) electrons. The first-order valence-corrected chi connectivity index (χ1v) is 7.08. The van der Waals surface area contributed by atoms with Crippen LogP contribution in [0, 0.1) is 12.7 Å². The van der Waals surface area contributed by atoms with Crippen molar-refractivity contribution in [1.29, 1.82) is 0 Å². The van der Waals surface area contributed by atoms with Gasteiger partial charge in [0, 0.05) is 11.3 Å². The third-order valence-electron chi connectivity index (χ3n) is 2.80. The molecule has 1 nitrogen and oxygen atoms in total. The van der Waals surface area contributed by atoms with E-state index in [0.717, 1.165) is 10.5 Å². The van der Waals surface area contributed by atoms with E-state index >= 15 is 0 Å². The Morgan fingerprint density at radius 3 is 2.47 bits per heavy atom. The number of hydrogen-bond acceptors (Lipinski definition) is 2. The Hall–Kier alpha value is -1.61. The molecule has 2 rings (SSSR count). The fourth-order valence-corrected chi connectivity index (χ4v) is 2.65. The second-order valence-corrected chi connectivity index (χ2v) is 5.41. The maximum Gasteiger partial charge on any atom is 0.147 e. The number of thioether (sulfide) groups is 1. The summed E-state index contributed by atoms with van der Waals surface area (Å²) in [5.41, 5.74) is 2.04. The molecule has 3 heteroatoms. The second kappa shape index (κ2) is 6.53. The number of benzene rings is 2. The summed E-state index contributed by atoms with van der Waals surface area (Å²) < 4.78 is 12.7. The lowest BCUT2D eigenvalue weighted by atomic mass is 10.1. The lowest BCUT2D eigenvalue weighted by molar-refractivity contribution is -0.116. The third-order valence-corrected chi connectivity index (χ3v) is 4.03. The summed E-state index contributed by atoms with van der Waals surface area (Å²) in [7, 11) is 0. The van der Waals surface area contributed by atoms with Crippen LogP contribution in [0.2, 0.25) is 0 Å². The SMILES string of the molecule is Cc1ccccc1SCC(=O)Cc1ccc(F)cc1. The first-order valence-electron chi connectivity index (χ1n) is 6.10. The van der Waals surface area contributed by atoms with Crippen molar-refractivity contribution in [2.75, 3.05) is 5.75 Å². The van der Waals surface area contributed by atoms with Crippen molar-refractivity contribution in [3.63, 3.8) is 0 Å². The maximum absolute atomic E-state index is 12.7. The second-order valence-electron chi connectivity index (χ2n) is 4.40. The molecule has 2 aromatic carbocycles. The molecule has 0 bridgehead atoms. The summed E-state index contributed by atoms with van der Waals surface area (Å²) in [6.45, 7) is 2.03. The van der Waals surface area contributed by atoms with E-state index < -0.39 is 0 Å². The van der Waals surface area contributed by atoms with Gasteiger partial charge in [-0.25, -0.2) is 4.39 Å². The zero-order valence-corrected chi connectivity index (χ0v) is 11.5. The lowest BCUT2D eigenvalue weighted by Crippen LogP contribution is -2.05. The van der Waals surface area contributed by atoms with Crippen LogP contribution in [0.15, 0.2) is 53.4 Å². The Labute approximate surface area is 116 Å². The summed E-state index contributed by atoms with van der Waals surface area (Å²) in [5.74, 6) is 0.327. The van der Waals surface area contributed by atoms with Crippen LogP contribution in [0.5, 0.6) is 0 Å². The van der Waals surface area contributed by atoms with Gasteiger partial charge in [0.15, 0.2) is 0 Å². The van der Waals surface area contributed by atoms with E-state index in [1.165, 1.54) is 17.7 Å². The van der Waals surface area contributed by atoms with Crippen molar-refractivity contribution < 1.29 is 9.18 Å². The number of halogens is 1. The first-order chi connectivity index (χ1) is 9.15. The number of ketones is 1. The zero-order chi connectivity index (χ0) is 13.7. The van der Waals surface area contributed by atoms with Gasteiger partial charge in [0.2, 0.25) is 0 Å². The molecule has 0 aliphatic carbocycles. The number of aryl methyl sites for hydroxylation is 1. The molecule has 0 saturated carbocycles. The molecule has 0 aromatic heterocycles. The van der Waals surface area contributed by atoms with E-state index in [-0.39, 0.29) is 11.6 Å². The average Bonchev–Trinajstić information content (AvgIpc) is 2.40. The van der Waals surface area contributed by atoms with Gasteiger partial charge in [-0.1, -0.05) is 30.3 Å². The van der Waals surface area contributed by atoms with Gasteiger partial charge in [-0.05, 0) is 36.2 Å². The highest BCUT2D eigenvalue weighted by Gasteiger charge is 2.06. The molecular weight excluding hydrogens is 259 g/mol. The Kier molecular flexibility index (Phi) is 4.74. The molecule has 0 amide bonds. The minimum atomic E-state index is -0.273. The quantitative estimate of drug-likeness (QED) is 0.765. The molecule has 0 N–H and O–H groups in total. The summed E-state index contributed by atoms with van der Waals surface area (Å²) in [6, 6.07) is 14.1. The zero-order valence-electron chi connectivity index (χ0n) is 10.7. The van der Waals surface area contributed by atoms with Gasteiger partial charge in [0.25, 0.3) is 0 Å². The van der Waals surface area contributed by atoms with E-state index in [2.05, 4.69) is 0 Å². The van der Waals surface area contributed by atoms with Gasteiger partial charge < -0.3 is 0 Å². The Morgan fingerprint density at radius 2 is 1.79 bits per heavy atom. The van der Waals surface area contributed by atoms with Crippen LogP contribution in [-0.4, -0.2) is 11.5 Å². The van der Waals surface area contributed by atoms with Gasteiger partial charge in [0.1, 0.15) is 11.6 Å². The van der Waals surface area contributed by atoms with Crippen molar-refractivity contribution >= 4 is 17.5 Å². The molecule has 0 aliphatic heterocycles. The molecule has 98 valence electrons. The van der Waals surface area contributed by atoms with E-state index in [1.807, 2.05) is 31.2 Å². The topological polar surface area (TPSA) is 17.1 Å². The number of carbonyl (C=O) groups is 1. The number of rotatable bonds is 5. The van der Waals surface area contributed by atoms with Crippen molar-refractivity contribution in [1.82, 2.24) is 0 Å². The monoisotopic (exact) mass is 274 g/mol. The molecule has 19 heavy (non-hydrogen) atoms. The van der Waals surface area contributed by atoms with Crippen LogP contribution >= 0.6 is 11.8 Å². The van der Waals surface area contributed by atoms with E-state index in [9.17, 15) is 9.18 Å². The highest BCUT2D eigenvalue weighted by atomic mass is 32.2. The van der Waals surface area contributed by atoms with Crippen LogP contribution < -0.4 is 0 Å². The molecule has 0 atom stereocenters. The summed E-state index contributed by atoms with van der Waals surface area (Å²) in [6.07, 6.45) is 0.360. The molecule has 0 spiro atoms. The van der Waals surface area contributed by atoms with Crippen LogP contribution in [0.4, 0.5) is 4.39 Å². The molecule has 0 fully saturated rings. The Bertz CT molecular complexity index is 563. The van der Waals surface area contributed by atoms with Crippen molar-refractivity contribution in [3.05, 3.63) is 65.5 Å². The summed E-state index contributed by atoms with van der Waals surface area (Å²) in [4.78, 5) is 13.0. The van der Waals surface area contributed by atoms with Crippen molar-refractivity contribution in [2.24, 2.45) is 0 Å². The summed E-state index contributed by atoms with van der Waals surface area (Å²) >= 11 is 1.55. The molecule has 0 saturated heterocycles. The smallest absolute Gasteiger partial charge is 0.147 e. The lowest BCUT2D eigenvalue weighted by Gasteiger charge is -2.05. The maximum atomic E-state index is 12.7. The number of Topliss-reactive ketones (excluding diaryl/α,β-unsaturated/α-hetero) is 1. The Morgan fingerprint density at radius 1 is 1.11 bits per heavy atom.